The number of rotatable bonds is 2. The van der Waals surface area contributed by atoms with Crippen LogP contribution in [0.4, 0.5) is 0 Å². The van der Waals surface area contributed by atoms with E-state index in [-0.39, 0.29) is 6.61 Å². The van der Waals surface area contributed by atoms with Crippen LogP contribution >= 0.6 is 0 Å². The Balaban J connectivity index is 2.19. The standard InChI is InChI=1S/C15H19NO/c1-10-13(6-7-17)14-8-11-4-2-3-5-12(11)9-15(14)16-10/h8-9,16-17H,2-7H2,1H3. The zero-order chi connectivity index (χ0) is 11.8. The molecule has 0 spiro atoms. The molecule has 0 saturated carbocycles. The average molecular weight is 229 g/mol. The Morgan fingerprint density at radius 1 is 1.18 bits per heavy atom. The van der Waals surface area contributed by atoms with Gasteiger partial charge < -0.3 is 10.1 Å². The second kappa shape index (κ2) is 4.19. The van der Waals surface area contributed by atoms with Crippen molar-refractivity contribution in [3.05, 3.63) is 34.5 Å². The van der Waals surface area contributed by atoms with Crippen LogP contribution in [0.25, 0.3) is 10.9 Å². The van der Waals surface area contributed by atoms with E-state index in [1.807, 2.05) is 0 Å². The predicted molar refractivity (Wildman–Crippen MR) is 70.5 cm³/mol. The minimum atomic E-state index is 0.227. The van der Waals surface area contributed by atoms with Crippen molar-refractivity contribution in [2.45, 2.75) is 39.0 Å². The van der Waals surface area contributed by atoms with Crippen molar-refractivity contribution in [3.63, 3.8) is 0 Å². The molecular formula is C15H19NO. The molecule has 0 atom stereocenters. The number of aliphatic hydroxyl groups is 1. The van der Waals surface area contributed by atoms with Crippen molar-refractivity contribution in [2.75, 3.05) is 6.61 Å². The smallest absolute Gasteiger partial charge is 0.0472 e. The average Bonchev–Trinajstić information content (AvgIpc) is 2.63. The van der Waals surface area contributed by atoms with Gasteiger partial charge in [0, 0.05) is 23.2 Å². The number of fused-ring (bicyclic) bond motifs is 2. The summed E-state index contributed by atoms with van der Waals surface area (Å²) in [5.74, 6) is 0. The highest BCUT2D eigenvalue weighted by Gasteiger charge is 2.14. The van der Waals surface area contributed by atoms with Gasteiger partial charge in [0.05, 0.1) is 0 Å². The molecule has 1 aromatic carbocycles. The highest BCUT2D eigenvalue weighted by atomic mass is 16.2. The number of hydrogen-bond acceptors (Lipinski definition) is 1. The minimum absolute atomic E-state index is 0.227. The van der Waals surface area contributed by atoms with Gasteiger partial charge in [0.2, 0.25) is 0 Å². The summed E-state index contributed by atoms with van der Waals surface area (Å²) in [5, 5.41) is 10.5. The Labute approximate surface area is 102 Å². The van der Waals surface area contributed by atoms with Crippen LogP contribution in [0.5, 0.6) is 0 Å². The lowest BCUT2D eigenvalue weighted by Crippen LogP contribution is -2.02. The van der Waals surface area contributed by atoms with E-state index in [4.69, 9.17) is 5.11 Å². The number of nitrogens with one attached hydrogen (secondary N) is 1. The monoisotopic (exact) mass is 229 g/mol. The van der Waals surface area contributed by atoms with Crippen molar-refractivity contribution in [2.24, 2.45) is 0 Å². The topological polar surface area (TPSA) is 36.0 Å². The van der Waals surface area contributed by atoms with E-state index in [1.165, 1.54) is 59.0 Å². The van der Waals surface area contributed by atoms with Crippen molar-refractivity contribution in [3.8, 4) is 0 Å². The maximum Gasteiger partial charge on any atom is 0.0472 e. The Morgan fingerprint density at radius 3 is 2.59 bits per heavy atom. The highest BCUT2D eigenvalue weighted by molar-refractivity contribution is 5.86. The molecule has 17 heavy (non-hydrogen) atoms. The number of aromatic nitrogens is 1. The first-order chi connectivity index (χ1) is 8.29. The molecule has 90 valence electrons. The third kappa shape index (κ3) is 1.77. The van der Waals surface area contributed by atoms with Gasteiger partial charge >= 0.3 is 0 Å². The zero-order valence-electron chi connectivity index (χ0n) is 10.3. The number of hydrogen-bond donors (Lipinski definition) is 2. The second-order valence-corrected chi connectivity index (χ2v) is 5.08. The van der Waals surface area contributed by atoms with Crippen molar-refractivity contribution < 1.29 is 5.11 Å². The molecule has 2 heteroatoms. The van der Waals surface area contributed by atoms with Crippen molar-refractivity contribution in [1.82, 2.24) is 4.98 Å². The van der Waals surface area contributed by atoms with Crippen LogP contribution < -0.4 is 0 Å². The molecule has 1 aliphatic carbocycles. The van der Waals surface area contributed by atoms with Gasteiger partial charge in [-0.3, -0.25) is 0 Å². The summed E-state index contributed by atoms with van der Waals surface area (Å²) in [5.41, 5.74) is 6.77. The van der Waals surface area contributed by atoms with E-state index in [9.17, 15) is 0 Å². The van der Waals surface area contributed by atoms with Gasteiger partial charge in [-0.2, -0.15) is 0 Å². The van der Waals surface area contributed by atoms with E-state index in [1.54, 1.807) is 0 Å². The SMILES string of the molecule is Cc1[nH]c2cc3c(cc2c1CCO)CCCC3. The number of benzene rings is 1. The first-order valence-corrected chi connectivity index (χ1v) is 6.53. The fraction of sp³-hybridized carbons (Fsp3) is 0.467. The maximum atomic E-state index is 9.15. The second-order valence-electron chi connectivity index (χ2n) is 5.08. The molecule has 2 aromatic rings. The number of aliphatic hydroxyl groups excluding tert-OH is 1. The van der Waals surface area contributed by atoms with Crippen molar-refractivity contribution in [1.29, 1.82) is 0 Å². The third-order valence-corrected chi connectivity index (χ3v) is 3.94. The lowest BCUT2D eigenvalue weighted by Gasteiger charge is -2.15. The highest BCUT2D eigenvalue weighted by Crippen LogP contribution is 2.30. The summed E-state index contributed by atoms with van der Waals surface area (Å²) < 4.78 is 0. The van der Waals surface area contributed by atoms with Gasteiger partial charge in [-0.25, -0.2) is 0 Å². The maximum absolute atomic E-state index is 9.15. The van der Waals surface area contributed by atoms with E-state index < -0.39 is 0 Å². The molecule has 0 amide bonds. The van der Waals surface area contributed by atoms with E-state index >= 15 is 0 Å². The molecule has 1 aliphatic rings. The molecule has 2 N–H and O–H groups in total. The van der Waals surface area contributed by atoms with E-state index in [2.05, 4.69) is 24.0 Å². The van der Waals surface area contributed by atoms with Crippen LogP contribution in [0.15, 0.2) is 12.1 Å². The lowest BCUT2D eigenvalue weighted by atomic mass is 9.90. The lowest BCUT2D eigenvalue weighted by molar-refractivity contribution is 0.300. The van der Waals surface area contributed by atoms with Gasteiger partial charge in [0.15, 0.2) is 0 Å². The molecule has 0 saturated heterocycles. The van der Waals surface area contributed by atoms with Crippen LogP contribution in [-0.2, 0) is 19.3 Å². The normalized spacial score (nSPS) is 15.2. The molecule has 2 nitrogen and oxygen atoms in total. The van der Waals surface area contributed by atoms with Gasteiger partial charge in [0.25, 0.3) is 0 Å². The molecule has 3 rings (SSSR count). The Morgan fingerprint density at radius 2 is 1.88 bits per heavy atom. The third-order valence-electron chi connectivity index (χ3n) is 3.94. The first kappa shape index (κ1) is 10.8. The number of aryl methyl sites for hydroxylation is 3. The first-order valence-electron chi connectivity index (χ1n) is 6.53. The summed E-state index contributed by atoms with van der Waals surface area (Å²) in [7, 11) is 0. The molecule has 0 fully saturated rings. The summed E-state index contributed by atoms with van der Waals surface area (Å²) in [6.07, 6.45) is 5.83. The number of H-pyrrole nitrogens is 1. The summed E-state index contributed by atoms with van der Waals surface area (Å²) in [4.78, 5) is 3.45. The molecule has 1 heterocycles. The molecule has 1 aromatic heterocycles. The molecule has 0 aliphatic heterocycles. The van der Waals surface area contributed by atoms with Gasteiger partial charge in [-0.15, -0.1) is 0 Å². The minimum Gasteiger partial charge on any atom is -0.396 e. The fourth-order valence-corrected chi connectivity index (χ4v) is 3.05. The quantitative estimate of drug-likeness (QED) is 0.816. The largest absolute Gasteiger partial charge is 0.396 e. The summed E-state index contributed by atoms with van der Waals surface area (Å²) in [6.45, 7) is 2.33. The summed E-state index contributed by atoms with van der Waals surface area (Å²) >= 11 is 0. The van der Waals surface area contributed by atoms with Gasteiger partial charge in [-0.05, 0) is 67.9 Å². The zero-order valence-corrected chi connectivity index (χ0v) is 10.3. The summed E-state index contributed by atoms with van der Waals surface area (Å²) in [6, 6.07) is 4.66. The number of aromatic amines is 1. The van der Waals surface area contributed by atoms with E-state index in [0.717, 1.165) is 6.42 Å². The Bertz CT molecular complexity index is 554. The van der Waals surface area contributed by atoms with Crippen LogP contribution in [0.3, 0.4) is 0 Å². The van der Waals surface area contributed by atoms with Crippen LogP contribution in [0.1, 0.15) is 35.2 Å². The Hall–Kier alpha value is -1.28. The predicted octanol–water partition coefficient (Wildman–Crippen LogP) is 2.89. The van der Waals surface area contributed by atoms with Gasteiger partial charge in [-0.1, -0.05) is 0 Å². The van der Waals surface area contributed by atoms with Crippen LogP contribution in [0, 0.1) is 6.92 Å². The fourth-order valence-electron chi connectivity index (χ4n) is 3.05. The van der Waals surface area contributed by atoms with Crippen molar-refractivity contribution >= 4 is 10.9 Å². The van der Waals surface area contributed by atoms with Gasteiger partial charge in [0.1, 0.15) is 0 Å². The molecule has 0 radical (unpaired) electrons. The molecule has 0 bridgehead atoms. The van der Waals surface area contributed by atoms with E-state index in [0.29, 0.717) is 0 Å². The molecular weight excluding hydrogens is 210 g/mol. The molecule has 0 unspecified atom stereocenters. The van der Waals surface area contributed by atoms with Crippen LogP contribution in [-0.4, -0.2) is 16.7 Å². The Kier molecular flexibility index (Phi) is 2.67. The van der Waals surface area contributed by atoms with Crippen LogP contribution in [0.2, 0.25) is 0 Å².